The van der Waals surface area contributed by atoms with Gasteiger partial charge in [-0.3, -0.25) is 0 Å². The molecule has 0 saturated heterocycles. The Kier molecular flexibility index (Phi) is 22.3. The maximum atomic E-state index is 14.4. The van der Waals surface area contributed by atoms with Gasteiger partial charge in [0.2, 0.25) is 0 Å². The third-order valence-corrected chi connectivity index (χ3v) is 19.2. The molecular formula is C83H77F5Ir2N8Si-2. The summed E-state index contributed by atoms with van der Waals surface area (Å²) < 4.78 is 69.8. The van der Waals surface area contributed by atoms with Gasteiger partial charge in [0.25, 0.3) is 0 Å². The smallest absolute Gasteiger partial charge is 0.200 e. The fourth-order valence-corrected chi connectivity index (χ4v) is 12.1. The Bertz CT molecular complexity index is 4610. The molecule has 4 heterocycles. The summed E-state index contributed by atoms with van der Waals surface area (Å²) in [7, 11) is -1.33. The molecule has 0 atom stereocenters. The number of rotatable bonds is 11. The van der Waals surface area contributed by atoms with Crippen LogP contribution in [0.1, 0.15) is 105 Å². The zero-order chi connectivity index (χ0) is 69.5. The van der Waals surface area contributed by atoms with Crippen LogP contribution < -0.4 is 5.19 Å². The second kappa shape index (κ2) is 29.6. The van der Waals surface area contributed by atoms with E-state index in [0.717, 1.165) is 50.7 Å². The minimum absolute atomic E-state index is 0. The van der Waals surface area contributed by atoms with Crippen molar-refractivity contribution in [1.29, 1.82) is 0 Å². The topological polar surface area (TPSA) is 103 Å². The van der Waals surface area contributed by atoms with Crippen LogP contribution in [0.2, 0.25) is 19.6 Å². The Labute approximate surface area is 606 Å². The van der Waals surface area contributed by atoms with E-state index in [1.165, 1.54) is 45.1 Å². The fourth-order valence-electron chi connectivity index (χ4n) is 10.9. The van der Waals surface area contributed by atoms with Crippen molar-refractivity contribution >= 4 is 13.3 Å². The molecule has 0 amide bonds. The van der Waals surface area contributed by atoms with Gasteiger partial charge < -0.3 is 9.97 Å². The van der Waals surface area contributed by atoms with Gasteiger partial charge in [-0.05, 0) is 55.3 Å². The van der Waals surface area contributed by atoms with Crippen molar-refractivity contribution in [3.05, 3.63) is 258 Å². The molecule has 0 saturated carbocycles. The third kappa shape index (κ3) is 17.1. The Balaban J connectivity index is 0.000000227. The van der Waals surface area contributed by atoms with E-state index in [-0.39, 0.29) is 67.4 Å². The molecule has 0 aliphatic rings. The summed E-state index contributed by atoms with van der Waals surface area (Å²) >= 11 is 0. The molecule has 8 nitrogen and oxygen atoms in total. The second-order valence-electron chi connectivity index (χ2n) is 29.5. The van der Waals surface area contributed by atoms with Gasteiger partial charge in [-0.25, -0.2) is 51.9 Å². The van der Waals surface area contributed by atoms with Crippen molar-refractivity contribution in [2.45, 2.75) is 124 Å². The van der Waals surface area contributed by atoms with Crippen molar-refractivity contribution in [2.24, 2.45) is 0 Å². The van der Waals surface area contributed by atoms with Crippen molar-refractivity contribution in [3.63, 3.8) is 0 Å². The molecule has 12 aromatic rings. The minimum atomic E-state index is -2.21. The van der Waals surface area contributed by atoms with Crippen LogP contribution in [0.25, 0.3) is 113 Å². The van der Waals surface area contributed by atoms with E-state index < -0.39 is 42.7 Å². The monoisotopic (exact) mass is 1690 g/mol. The van der Waals surface area contributed by atoms with Gasteiger partial charge >= 0.3 is 0 Å². The molecule has 508 valence electrons. The summed E-state index contributed by atoms with van der Waals surface area (Å²) in [6.07, 6.45) is 3.44. The molecule has 0 spiro atoms. The van der Waals surface area contributed by atoms with Crippen LogP contribution >= 0.6 is 0 Å². The quantitative estimate of drug-likeness (QED) is 0.0415. The third-order valence-electron chi connectivity index (χ3n) is 17.1. The molecular weight excluding hydrogens is 1620 g/mol. The molecule has 0 bridgehead atoms. The number of aromatic nitrogens is 8. The summed E-state index contributed by atoms with van der Waals surface area (Å²) in [6, 6.07) is 66.3. The van der Waals surface area contributed by atoms with E-state index in [1.54, 1.807) is 18.3 Å². The summed E-state index contributed by atoms with van der Waals surface area (Å²) in [5.41, 5.74) is 13.8. The van der Waals surface area contributed by atoms with Gasteiger partial charge in [-0.15, -0.1) is 59.7 Å². The predicted molar refractivity (Wildman–Crippen MR) is 385 cm³/mol. The zero-order valence-electron chi connectivity index (χ0n) is 58.1. The second-order valence-corrected chi connectivity index (χ2v) is 34.6. The van der Waals surface area contributed by atoms with Gasteiger partial charge in [0.15, 0.2) is 64.0 Å². The van der Waals surface area contributed by atoms with Crippen LogP contribution in [-0.2, 0) is 61.9 Å². The largest absolute Gasteiger partial charge is 0.304 e. The molecule has 0 aliphatic carbocycles. The molecule has 0 unspecified atom stereocenters. The first-order chi connectivity index (χ1) is 45.8. The van der Waals surface area contributed by atoms with Crippen molar-refractivity contribution < 1.29 is 62.2 Å². The average Bonchev–Trinajstić information content (AvgIpc) is 1.22. The summed E-state index contributed by atoms with van der Waals surface area (Å²) in [5.74, 6) is -6.77. The first-order valence-corrected chi connectivity index (χ1v) is 35.8. The molecule has 99 heavy (non-hydrogen) atoms. The first kappa shape index (κ1) is 74.5. The Morgan fingerprint density at radius 1 is 0.283 bits per heavy atom. The molecule has 0 N–H and O–H groups in total. The van der Waals surface area contributed by atoms with Crippen molar-refractivity contribution in [3.8, 4) is 113 Å². The van der Waals surface area contributed by atoms with E-state index in [0.29, 0.717) is 51.8 Å². The van der Waals surface area contributed by atoms with Gasteiger partial charge in [-0.1, -0.05) is 270 Å². The number of nitrogens with zero attached hydrogens (tertiary/aromatic N) is 8. The molecule has 12 rings (SSSR count). The normalized spacial score (nSPS) is 11.9. The van der Waals surface area contributed by atoms with Crippen molar-refractivity contribution in [1.82, 2.24) is 39.9 Å². The van der Waals surface area contributed by atoms with Crippen LogP contribution in [0.15, 0.2) is 194 Å². The van der Waals surface area contributed by atoms with E-state index in [1.807, 2.05) is 42.6 Å². The van der Waals surface area contributed by atoms with Crippen LogP contribution in [0.3, 0.4) is 0 Å². The van der Waals surface area contributed by atoms with E-state index in [4.69, 9.17) is 34.9 Å². The predicted octanol–water partition coefficient (Wildman–Crippen LogP) is 21.2. The van der Waals surface area contributed by atoms with Crippen molar-refractivity contribution in [2.75, 3.05) is 0 Å². The van der Waals surface area contributed by atoms with Gasteiger partial charge in [0, 0.05) is 91.5 Å². The molecule has 0 fully saturated rings. The van der Waals surface area contributed by atoms with Crippen LogP contribution in [-0.4, -0.2) is 47.9 Å². The number of halogens is 5. The van der Waals surface area contributed by atoms with Gasteiger partial charge in [-0.2, -0.15) is 0 Å². The van der Waals surface area contributed by atoms with Crippen LogP contribution in [0.5, 0.6) is 0 Å². The summed E-state index contributed by atoms with van der Waals surface area (Å²) in [4.78, 5) is 38.7. The number of pyridine rings is 2. The molecule has 8 aromatic carbocycles. The average molecular weight is 1690 g/mol. The molecule has 16 heteroatoms. The number of hydrogen-bond acceptors (Lipinski definition) is 8. The SMILES string of the molecule is CC(C)(C)c1ccc(-c2nc(-c3ccc(C(C)(C)C)cc3)nc(-c3ccc(-c4[c-]cc(-c5c(F)c(F)c(F)c(F)c5F)cc4)nc3)n2)cc1.CC(C)(C)c1ccc(-c2nc(-c3ccc(C(C)(C)C)cc3)nc(-c3ccc(-c4[c-]cc(-c5ccc([Si](C)(C)C)cc5)cc4)nc3)n2)cc1.[Ir].[Ir]. The van der Waals surface area contributed by atoms with E-state index in [9.17, 15) is 22.0 Å². The zero-order valence-corrected chi connectivity index (χ0v) is 63.9. The van der Waals surface area contributed by atoms with Gasteiger partial charge in [0.05, 0.1) is 8.07 Å². The van der Waals surface area contributed by atoms with E-state index in [2.05, 4.69) is 235 Å². The van der Waals surface area contributed by atoms with Crippen LogP contribution in [0, 0.1) is 41.2 Å². The Hall–Kier alpha value is -8.75. The molecule has 4 aromatic heterocycles. The van der Waals surface area contributed by atoms with E-state index >= 15 is 0 Å². The maximum Gasteiger partial charge on any atom is 0.200 e. The first-order valence-electron chi connectivity index (χ1n) is 32.3. The Morgan fingerprint density at radius 3 is 0.788 bits per heavy atom. The Morgan fingerprint density at radius 2 is 0.535 bits per heavy atom. The number of hydrogen-bond donors (Lipinski definition) is 0. The molecule has 0 aliphatic heterocycles. The number of benzene rings is 8. The summed E-state index contributed by atoms with van der Waals surface area (Å²) in [5, 5.41) is 1.46. The minimum Gasteiger partial charge on any atom is -0.304 e. The molecule has 2 radical (unpaired) electrons. The summed E-state index contributed by atoms with van der Waals surface area (Å²) in [6.45, 7) is 33.4. The maximum absolute atomic E-state index is 14.4. The van der Waals surface area contributed by atoms with Gasteiger partial charge in [0.1, 0.15) is 0 Å². The van der Waals surface area contributed by atoms with Crippen LogP contribution in [0.4, 0.5) is 22.0 Å². The standard InChI is InChI=1S/C43H45N4Si.C40H32F5N4.2Ir/c1-42(2,3)35-21-14-32(15-22-35)39-45-40(33-16-23-36(24-17-33)43(4,5)6)47-41(46-39)34-20-27-38(44-28-34)31-12-10-29(11-13-31)30-18-25-37(26-19-30)48(7,8)9;1-39(2,3)27-16-11-24(12-17-27)36-47-37(25-13-18-28(19-14-25)40(4,5)6)49-38(48-36)26-15-20-29(46-21-26)22-7-9-23(10-8-22)30-31(41)33(43)35(45)34(44)32(30)42;;/h10-12,14-28H,1-9H3;7,9-21H,1-6H3;;/q2*-1;;. The fraction of sp³-hybridized carbons (Fsp3) is 0.229.